The van der Waals surface area contributed by atoms with E-state index < -0.39 is 17.0 Å². The quantitative estimate of drug-likeness (QED) is 0.630. The van der Waals surface area contributed by atoms with Crippen LogP contribution in [0.1, 0.15) is 40.5 Å². The summed E-state index contributed by atoms with van der Waals surface area (Å²) in [4.78, 5) is 18.6. The van der Waals surface area contributed by atoms with Crippen molar-refractivity contribution in [1.29, 1.82) is 0 Å². The molecule has 0 aromatic carbocycles. The molecule has 31 heavy (non-hydrogen) atoms. The lowest BCUT2D eigenvalue weighted by atomic mass is 9.75. The van der Waals surface area contributed by atoms with Crippen LogP contribution in [0.2, 0.25) is 0 Å². The molecule has 3 aromatic rings. The number of carbonyl (C=O) groups excluding carboxylic acids is 1. The monoisotopic (exact) mass is 430 g/mol. The molecule has 1 aliphatic rings. The van der Waals surface area contributed by atoms with Gasteiger partial charge >= 0.3 is 6.09 Å². The number of methoxy groups -OCH3 is 1. The summed E-state index contributed by atoms with van der Waals surface area (Å²) in [5.41, 5.74) is 0.510. The zero-order valence-corrected chi connectivity index (χ0v) is 18.6. The van der Waals surface area contributed by atoms with Crippen molar-refractivity contribution in [1.82, 2.24) is 29.3 Å². The highest BCUT2D eigenvalue weighted by molar-refractivity contribution is 5.69. The Balaban J connectivity index is 1.63. The molecule has 1 aliphatic carbocycles. The highest BCUT2D eigenvalue weighted by Crippen LogP contribution is 2.42. The molecule has 0 atom stereocenters. The average molecular weight is 430 g/mol. The van der Waals surface area contributed by atoms with Gasteiger partial charge in [0.05, 0.1) is 31.4 Å². The molecule has 1 fully saturated rings. The maximum atomic E-state index is 14.5. The van der Waals surface area contributed by atoms with Gasteiger partial charge in [0, 0.05) is 43.2 Å². The molecule has 4 rings (SSSR count). The first-order valence-corrected chi connectivity index (χ1v) is 10.1. The molecule has 3 aromatic heterocycles. The van der Waals surface area contributed by atoms with Crippen molar-refractivity contribution in [3.63, 3.8) is 0 Å². The van der Waals surface area contributed by atoms with Crippen molar-refractivity contribution in [2.45, 2.75) is 57.7 Å². The number of fused-ring (bicyclic) bond motifs is 1. The van der Waals surface area contributed by atoms with Crippen molar-refractivity contribution in [3.8, 4) is 17.1 Å². The number of rotatable bonds is 4. The third-order valence-corrected chi connectivity index (χ3v) is 5.56. The van der Waals surface area contributed by atoms with Gasteiger partial charge in [0.2, 0.25) is 5.88 Å². The van der Waals surface area contributed by atoms with E-state index >= 15 is 0 Å². The molecule has 10 heteroatoms. The minimum absolute atomic E-state index is 0.0512. The Kier molecular flexibility index (Phi) is 4.90. The molecule has 9 nitrogen and oxygen atoms in total. The van der Waals surface area contributed by atoms with Crippen LogP contribution in [0.3, 0.4) is 0 Å². The Morgan fingerprint density at radius 1 is 1.26 bits per heavy atom. The van der Waals surface area contributed by atoms with Crippen LogP contribution in [0.5, 0.6) is 5.88 Å². The molecule has 0 aliphatic heterocycles. The molecule has 0 bridgehead atoms. The second-order valence-electron chi connectivity index (χ2n) is 9.24. The smallest absolute Gasteiger partial charge is 0.410 e. The minimum Gasteiger partial charge on any atom is -0.470 e. The first-order valence-electron chi connectivity index (χ1n) is 10.1. The standard InChI is InChI=1S/C21H27FN6O3/c1-20(2,3)28(19(29)30-6)14-7-21(4,8-14)31-18-17-15(22)10-24-27(17)12-16(25-18)13-9-23-26(5)11-13/h9-12,14H,7-8H2,1-6H3. The van der Waals surface area contributed by atoms with Crippen LogP contribution in [0.15, 0.2) is 24.8 Å². The van der Waals surface area contributed by atoms with Crippen LogP contribution in [0, 0.1) is 5.82 Å². The predicted octanol–water partition coefficient (Wildman–Crippen LogP) is 3.44. The highest BCUT2D eigenvalue weighted by Gasteiger charge is 2.50. The number of ether oxygens (including phenoxy) is 2. The lowest BCUT2D eigenvalue weighted by Gasteiger charge is -2.52. The van der Waals surface area contributed by atoms with Crippen LogP contribution in [-0.4, -0.2) is 59.7 Å². The molecule has 0 unspecified atom stereocenters. The van der Waals surface area contributed by atoms with Gasteiger partial charge in [-0.15, -0.1) is 0 Å². The fourth-order valence-electron chi connectivity index (χ4n) is 4.22. The summed E-state index contributed by atoms with van der Waals surface area (Å²) in [7, 11) is 3.19. The topological polar surface area (TPSA) is 86.8 Å². The van der Waals surface area contributed by atoms with Crippen LogP contribution >= 0.6 is 0 Å². The van der Waals surface area contributed by atoms with Gasteiger partial charge in [0.1, 0.15) is 5.60 Å². The summed E-state index contributed by atoms with van der Waals surface area (Å²) in [6.07, 6.45) is 7.04. The van der Waals surface area contributed by atoms with Crippen molar-refractivity contribution in [2.75, 3.05) is 7.11 Å². The summed E-state index contributed by atoms with van der Waals surface area (Å²) in [5.74, 6) is -0.344. The first-order chi connectivity index (χ1) is 14.5. The van der Waals surface area contributed by atoms with E-state index in [4.69, 9.17) is 9.47 Å². The van der Waals surface area contributed by atoms with E-state index in [0.717, 1.165) is 11.8 Å². The Hall–Kier alpha value is -3.17. The maximum Gasteiger partial charge on any atom is 0.410 e. The maximum absolute atomic E-state index is 14.5. The second-order valence-corrected chi connectivity index (χ2v) is 9.24. The molecule has 0 radical (unpaired) electrons. The largest absolute Gasteiger partial charge is 0.470 e. The fourth-order valence-corrected chi connectivity index (χ4v) is 4.22. The number of aryl methyl sites for hydroxylation is 1. The second kappa shape index (κ2) is 7.21. The Morgan fingerprint density at radius 3 is 2.55 bits per heavy atom. The number of aromatic nitrogens is 5. The summed E-state index contributed by atoms with van der Waals surface area (Å²) in [6, 6.07) is -0.0512. The summed E-state index contributed by atoms with van der Waals surface area (Å²) < 4.78 is 28.8. The van der Waals surface area contributed by atoms with E-state index in [0.29, 0.717) is 18.5 Å². The Labute approximate surface area is 179 Å². The zero-order chi connectivity index (χ0) is 22.6. The van der Waals surface area contributed by atoms with E-state index in [1.807, 2.05) is 40.9 Å². The predicted molar refractivity (Wildman–Crippen MR) is 111 cm³/mol. The summed E-state index contributed by atoms with van der Waals surface area (Å²) in [5, 5.41) is 8.25. The van der Waals surface area contributed by atoms with E-state index in [2.05, 4.69) is 15.2 Å². The first kappa shape index (κ1) is 21.1. The van der Waals surface area contributed by atoms with E-state index in [9.17, 15) is 9.18 Å². The molecule has 1 saturated carbocycles. The minimum atomic E-state index is -0.611. The van der Waals surface area contributed by atoms with Gasteiger partial charge in [-0.3, -0.25) is 4.68 Å². The normalized spacial score (nSPS) is 21.1. The third-order valence-electron chi connectivity index (χ3n) is 5.56. The average Bonchev–Trinajstić information content (AvgIpc) is 3.25. The van der Waals surface area contributed by atoms with Crippen molar-refractivity contribution < 1.29 is 18.7 Å². The van der Waals surface area contributed by atoms with Gasteiger partial charge < -0.3 is 14.4 Å². The molecule has 166 valence electrons. The summed E-state index contributed by atoms with van der Waals surface area (Å²) in [6.45, 7) is 7.82. The van der Waals surface area contributed by atoms with Gasteiger partial charge in [-0.25, -0.2) is 18.7 Å². The number of carbonyl (C=O) groups is 1. The van der Waals surface area contributed by atoms with E-state index in [1.54, 1.807) is 22.0 Å². The number of hydrogen-bond donors (Lipinski definition) is 0. The number of amides is 1. The van der Waals surface area contributed by atoms with Crippen molar-refractivity contribution >= 4 is 11.6 Å². The van der Waals surface area contributed by atoms with E-state index in [-0.39, 0.29) is 23.5 Å². The molecule has 0 N–H and O–H groups in total. The molecule has 1 amide bonds. The number of hydrogen-bond acceptors (Lipinski definition) is 6. The van der Waals surface area contributed by atoms with Gasteiger partial charge in [0.25, 0.3) is 0 Å². The van der Waals surface area contributed by atoms with Gasteiger partial charge in [0.15, 0.2) is 11.3 Å². The molecule has 0 spiro atoms. The van der Waals surface area contributed by atoms with Crippen LogP contribution in [0.4, 0.5) is 9.18 Å². The molecule has 3 heterocycles. The Morgan fingerprint density at radius 2 is 1.97 bits per heavy atom. The van der Waals surface area contributed by atoms with Gasteiger partial charge in [-0.05, 0) is 27.7 Å². The number of halogens is 1. The van der Waals surface area contributed by atoms with Crippen molar-refractivity contribution in [2.24, 2.45) is 7.05 Å². The molecular weight excluding hydrogens is 403 g/mol. The molecular formula is C21H27FN6O3. The SMILES string of the molecule is COC(=O)N(C1CC(C)(Oc2nc(-c3cnn(C)c3)cn3ncc(F)c23)C1)C(C)(C)C. The summed E-state index contributed by atoms with van der Waals surface area (Å²) >= 11 is 0. The fraction of sp³-hybridized carbons (Fsp3) is 0.524. The third kappa shape index (κ3) is 3.82. The Bertz CT molecular complexity index is 1130. The van der Waals surface area contributed by atoms with Gasteiger partial charge in [-0.1, -0.05) is 0 Å². The lowest BCUT2D eigenvalue weighted by Crippen LogP contribution is -2.62. The lowest BCUT2D eigenvalue weighted by molar-refractivity contribution is -0.0754. The highest BCUT2D eigenvalue weighted by atomic mass is 19.1. The van der Waals surface area contributed by atoms with E-state index in [1.165, 1.54) is 11.6 Å². The van der Waals surface area contributed by atoms with Gasteiger partial charge in [-0.2, -0.15) is 10.2 Å². The molecule has 0 saturated heterocycles. The zero-order valence-electron chi connectivity index (χ0n) is 18.6. The van der Waals surface area contributed by atoms with Crippen LogP contribution < -0.4 is 4.74 Å². The number of nitrogens with zero attached hydrogens (tertiary/aromatic N) is 6. The van der Waals surface area contributed by atoms with Crippen LogP contribution in [-0.2, 0) is 11.8 Å². The van der Waals surface area contributed by atoms with Crippen molar-refractivity contribution in [3.05, 3.63) is 30.6 Å². The van der Waals surface area contributed by atoms with Crippen LogP contribution in [0.25, 0.3) is 16.8 Å².